The lowest BCUT2D eigenvalue weighted by molar-refractivity contribution is -0.148. The van der Waals surface area contributed by atoms with Gasteiger partial charge in [0.1, 0.15) is 5.75 Å². The zero-order valence-electron chi connectivity index (χ0n) is 16.4. The average Bonchev–Trinajstić information content (AvgIpc) is 2.72. The second kappa shape index (κ2) is 10.2. The Bertz CT molecular complexity index is 839. The van der Waals surface area contributed by atoms with Gasteiger partial charge >= 0.3 is 5.97 Å². The van der Waals surface area contributed by atoms with E-state index in [0.717, 1.165) is 5.56 Å². The van der Waals surface area contributed by atoms with Gasteiger partial charge in [-0.1, -0.05) is 18.2 Å². The molecule has 0 N–H and O–H groups in total. The Morgan fingerprint density at radius 2 is 1.71 bits per heavy atom. The van der Waals surface area contributed by atoms with E-state index >= 15 is 0 Å². The normalized spacial score (nSPS) is 11.7. The number of Topliss-reactive ketones (excluding diaryl/α,β-unsaturated/α-hetero) is 1. The van der Waals surface area contributed by atoms with Crippen LogP contribution in [0.25, 0.3) is 6.08 Å². The number of allylic oxidation sites excluding steroid dienone is 1. The smallest absolute Gasteiger partial charge is 0.344 e. The molecule has 0 aliphatic carbocycles. The molecule has 2 aromatic carbocycles. The predicted octanol–water partition coefficient (Wildman–Crippen LogP) is 3.93. The summed E-state index contributed by atoms with van der Waals surface area (Å²) in [6, 6.07) is 12.0. The number of carbonyl (C=O) groups excluding carboxylic acids is 2. The first kappa shape index (κ1) is 21.0. The van der Waals surface area contributed by atoms with Crippen molar-refractivity contribution in [1.29, 1.82) is 0 Å². The lowest BCUT2D eigenvalue weighted by Crippen LogP contribution is -2.27. The third-order valence-electron chi connectivity index (χ3n) is 3.94. The van der Waals surface area contributed by atoms with Crippen molar-refractivity contribution < 1.29 is 28.5 Å². The Hall–Kier alpha value is -3.28. The number of carbonyl (C=O) groups is 2. The van der Waals surface area contributed by atoms with Gasteiger partial charge in [0.25, 0.3) is 0 Å². The fourth-order valence-electron chi connectivity index (χ4n) is 2.51. The van der Waals surface area contributed by atoms with Crippen molar-refractivity contribution in [3.05, 3.63) is 59.7 Å². The molecule has 0 amide bonds. The van der Waals surface area contributed by atoms with E-state index in [-0.39, 0.29) is 12.4 Å². The van der Waals surface area contributed by atoms with Crippen LogP contribution in [0.3, 0.4) is 0 Å². The molecule has 6 nitrogen and oxygen atoms in total. The van der Waals surface area contributed by atoms with Crippen LogP contribution < -0.4 is 14.2 Å². The van der Waals surface area contributed by atoms with Gasteiger partial charge in [-0.15, -0.1) is 0 Å². The molecule has 148 valence electrons. The number of esters is 1. The van der Waals surface area contributed by atoms with Gasteiger partial charge < -0.3 is 18.9 Å². The van der Waals surface area contributed by atoms with E-state index in [0.29, 0.717) is 22.8 Å². The SMILES string of the molecule is CC=Cc1ccc(OCC(=O)OC(C)C(=O)c2ccc(OC)cc2)c(OC)c1. The van der Waals surface area contributed by atoms with Crippen LogP contribution in [-0.2, 0) is 9.53 Å². The molecule has 0 saturated carbocycles. The highest BCUT2D eigenvalue weighted by Crippen LogP contribution is 2.28. The van der Waals surface area contributed by atoms with Gasteiger partial charge in [-0.25, -0.2) is 4.79 Å². The minimum Gasteiger partial charge on any atom is -0.497 e. The first-order chi connectivity index (χ1) is 13.5. The van der Waals surface area contributed by atoms with Crippen molar-refractivity contribution in [3.8, 4) is 17.2 Å². The number of ketones is 1. The molecule has 1 atom stereocenters. The molecule has 0 aliphatic rings. The molecule has 0 saturated heterocycles. The molecule has 0 aliphatic heterocycles. The maximum Gasteiger partial charge on any atom is 0.344 e. The van der Waals surface area contributed by atoms with Gasteiger partial charge in [0.15, 0.2) is 24.2 Å². The topological polar surface area (TPSA) is 71.1 Å². The van der Waals surface area contributed by atoms with Crippen molar-refractivity contribution in [2.75, 3.05) is 20.8 Å². The molecule has 2 rings (SSSR count). The highest BCUT2D eigenvalue weighted by Gasteiger charge is 2.20. The lowest BCUT2D eigenvalue weighted by Gasteiger charge is -2.14. The van der Waals surface area contributed by atoms with Crippen LogP contribution in [0.1, 0.15) is 29.8 Å². The Morgan fingerprint density at radius 1 is 1.00 bits per heavy atom. The molecule has 0 spiro atoms. The van der Waals surface area contributed by atoms with E-state index in [4.69, 9.17) is 18.9 Å². The van der Waals surface area contributed by atoms with Gasteiger partial charge in [0.05, 0.1) is 14.2 Å². The molecule has 0 radical (unpaired) electrons. The van der Waals surface area contributed by atoms with Crippen molar-refractivity contribution >= 4 is 17.8 Å². The summed E-state index contributed by atoms with van der Waals surface area (Å²) in [7, 11) is 3.07. The van der Waals surface area contributed by atoms with Crippen molar-refractivity contribution in [1.82, 2.24) is 0 Å². The zero-order chi connectivity index (χ0) is 20.5. The first-order valence-electron chi connectivity index (χ1n) is 8.79. The summed E-state index contributed by atoms with van der Waals surface area (Å²) >= 11 is 0. The summed E-state index contributed by atoms with van der Waals surface area (Å²) in [5, 5.41) is 0. The van der Waals surface area contributed by atoms with Gasteiger partial charge in [-0.3, -0.25) is 4.79 Å². The number of rotatable bonds is 9. The maximum absolute atomic E-state index is 12.4. The van der Waals surface area contributed by atoms with Crippen LogP contribution in [0.4, 0.5) is 0 Å². The van der Waals surface area contributed by atoms with E-state index in [2.05, 4.69) is 0 Å². The Morgan fingerprint density at radius 3 is 2.32 bits per heavy atom. The van der Waals surface area contributed by atoms with E-state index in [9.17, 15) is 9.59 Å². The molecular formula is C22H24O6. The molecule has 0 aromatic heterocycles. The van der Waals surface area contributed by atoms with Crippen molar-refractivity contribution in [2.24, 2.45) is 0 Å². The molecule has 0 bridgehead atoms. The van der Waals surface area contributed by atoms with Crippen molar-refractivity contribution in [2.45, 2.75) is 20.0 Å². The van der Waals surface area contributed by atoms with Gasteiger partial charge in [-0.2, -0.15) is 0 Å². The first-order valence-corrected chi connectivity index (χ1v) is 8.79. The molecule has 0 fully saturated rings. The summed E-state index contributed by atoms with van der Waals surface area (Å²) in [5.41, 5.74) is 1.39. The summed E-state index contributed by atoms with van der Waals surface area (Å²) in [5.74, 6) is 0.620. The number of hydrogen-bond acceptors (Lipinski definition) is 6. The second-order valence-electron chi connectivity index (χ2n) is 5.92. The third kappa shape index (κ3) is 5.61. The molecular weight excluding hydrogens is 360 g/mol. The summed E-state index contributed by atoms with van der Waals surface area (Å²) in [4.78, 5) is 24.4. The average molecular weight is 384 g/mol. The molecule has 2 aromatic rings. The number of benzene rings is 2. The monoisotopic (exact) mass is 384 g/mol. The second-order valence-corrected chi connectivity index (χ2v) is 5.92. The lowest BCUT2D eigenvalue weighted by atomic mass is 10.1. The Kier molecular flexibility index (Phi) is 7.63. The van der Waals surface area contributed by atoms with E-state index in [1.807, 2.05) is 25.1 Å². The van der Waals surface area contributed by atoms with Gasteiger partial charge in [-0.05, 0) is 55.8 Å². The largest absolute Gasteiger partial charge is 0.497 e. The van der Waals surface area contributed by atoms with Crippen LogP contribution in [0, 0.1) is 0 Å². The van der Waals surface area contributed by atoms with Crippen LogP contribution in [0.5, 0.6) is 17.2 Å². The van der Waals surface area contributed by atoms with E-state index < -0.39 is 12.1 Å². The van der Waals surface area contributed by atoms with Crippen LogP contribution in [0.15, 0.2) is 48.5 Å². The Labute approximate surface area is 164 Å². The fourth-order valence-corrected chi connectivity index (χ4v) is 2.51. The zero-order valence-corrected chi connectivity index (χ0v) is 16.4. The molecule has 0 heterocycles. The van der Waals surface area contributed by atoms with Crippen molar-refractivity contribution in [3.63, 3.8) is 0 Å². The molecule has 1 unspecified atom stereocenters. The Balaban J connectivity index is 1.93. The number of hydrogen-bond donors (Lipinski definition) is 0. The minimum absolute atomic E-state index is 0.302. The standard InChI is InChI=1S/C22H24O6/c1-5-6-16-7-12-19(20(13-16)26-4)27-14-21(23)28-15(2)22(24)17-8-10-18(25-3)11-9-17/h5-13,15H,14H2,1-4H3. The maximum atomic E-state index is 12.4. The van der Waals surface area contributed by atoms with E-state index in [1.54, 1.807) is 43.5 Å². The van der Waals surface area contributed by atoms with Gasteiger partial charge in [0.2, 0.25) is 5.78 Å². The summed E-state index contributed by atoms with van der Waals surface area (Å²) in [6.07, 6.45) is 2.91. The minimum atomic E-state index is -0.927. The van der Waals surface area contributed by atoms with Gasteiger partial charge in [0, 0.05) is 5.56 Å². The van der Waals surface area contributed by atoms with Crippen LogP contribution >= 0.6 is 0 Å². The van der Waals surface area contributed by atoms with E-state index in [1.165, 1.54) is 14.0 Å². The fraction of sp³-hybridized carbons (Fsp3) is 0.273. The highest BCUT2D eigenvalue weighted by atomic mass is 16.6. The highest BCUT2D eigenvalue weighted by molar-refractivity contribution is 6.00. The quantitative estimate of drug-likeness (QED) is 0.482. The molecule has 28 heavy (non-hydrogen) atoms. The number of methoxy groups -OCH3 is 2. The third-order valence-corrected chi connectivity index (χ3v) is 3.94. The molecule has 6 heteroatoms. The van der Waals surface area contributed by atoms with Crippen LogP contribution in [0.2, 0.25) is 0 Å². The number of ether oxygens (including phenoxy) is 4. The van der Waals surface area contributed by atoms with Crippen LogP contribution in [-0.4, -0.2) is 38.7 Å². The summed E-state index contributed by atoms with van der Waals surface area (Å²) < 4.78 is 21.0. The predicted molar refractivity (Wildman–Crippen MR) is 106 cm³/mol. The summed E-state index contributed by atoms with van der Waals surface area (Å²) in [6.45, 7) is 3.11.